The SMILES string of the molecule is N[C@H](C(=O)O)c1cc(Cc2ccccc2)cc(Br)c1O. The molecule has 20 heavy (non-hydrogen) atoms. The van der Waals surface area contributed by atoms with Gasteiger partial charge >= 0.3 is 5.97 Å². The molecule has 4 nitrogen and oxygen atoms in total. The minimum absolute atomic E-state index is 0.128. The zero-order chi connectivity index (χ0) is 14.7. The van der Waals surface area contributed by atoms with Crippen molar-refractivity contribution in [2.24, 2.45) is 5.73 Å². The highest BCUT2D eigenvalue weighted by atomic mass is 79.9. The number of rotatable bonds is 4. The van der Waals surface area contributed by atoms with Gasteiger partial charge in [-0.3, -0.25) is 4.79 Å². The molecule has 0 bridgehead atoms. The van der Waals surface area contributed by atoms with E-state index < -0.39 is 12.0 Å². The average Bonchev–Trinajstić information content (AvgIpc) is 2.43. The fourth-order valence-electron chi connectivity index (χ4n) is 1.98. The van der Waals surface area contributed by atoms with Crippen LogP contribution in [0.4, 0.5) is 0 Å². The number of benzene rings is 2. The normalized spacial score (nSPS) is 12.1. The number of phenolic OH excluding ortho intramolecular Hbond substituents is 1. The monoisotopic (exact) mass is 335 g/mol. The van der Waals surface area contributed by atoms with Crippen LogP contribution in [0.25, 0.3) is 0 Å². The molecule has 2 aromatic rings. The van der Waals surface area contributed by atoms with Gasteiger partial charge in [0.1, 0.15) is 11.8 Å². The number of hydrogen-bond acceptors (Lipinski definition) is 3. The lowest BCUT2D eigenvalue weighted by molar-refractivity contribution is -0.138. The summed E-state index contributed by atoms with van der Waals surface area (Å²) in [4.78, 5) is 11.0. The van der Waals surface area contributed by atoms with E-state index in [9.17, 15) is 9.90 Å². The topological polar surface area (TPSA) is 83.6 Å². The van der Waals surface area contributed by atoms with Crippen LogP contribution in [0.5, 0.6) is 5.75 Å². The number of hydrogen-bond donors (Lipinski definition) is 3. The van der Waals surface area contributed by atoms with Crippen LogP contribution in [0.3, 0.4) is 0 Å². The Morgan fingerprint density at radius 2 is 1.85 bits per heavy atom. The van der Waals surface area contributed by atoms with E-state index in [0.717, 1.165) is 11.1 Å². The molecule has 0 spiro atoms. The second-order valence-electron chi connectivity index (χ2n) is 4.49. The Hall–Kier alpha value is -1.85. The van der Waals surface area contributed by atoms with E-state index >= 15 is 0 Å². The van der Waals surface area contributed by atoms with Gasteiger partial charge in [0.25, 0.3) is 0 Å². The van der Waals surface area contributed by atoms with Crippen LogP contribution in [0.2, 0.25) is 0 Å². The van der Waals surface area contributed by atoms with E-state index in [2.05, 4.69) is 15.9 Å². The zero-order valence-corrected chi connectivity index (χ0v) is 12.2. The molecule has 0 aliphatic carbocycles. The standard InChI is InChI=1S/C15H14BrNO3/c16-12-8-10(6-9-4-2-1-3-5-9)7-11(14(12)18)13(17)15(19)20/h1-5,7-8,13,18H,6,17H2,(H,19,20)/t13-/m0/s1. The van der Waals surface area contributed by atoms with Gasteiger partial charge in [-0.15, -0.1) is 0 Å². The first-order valence-corrected chi connectivity index (χ1v) is 6.82. The molecule has 2 rings (SSSR count). The highest BCUT2D eigenvalue weighted by molar-refractivity contribution is 9.10. The first-order chi connectivity index (χ1) is 9.49. The third-order valence-electron chi connectivity index (χ3n) is 3.00. The van der Waals surface area contributed by atoms with Crippen molar-refractivity contribution in [3.8, 4) is 5.75 Å². The second-order valence-corrected chi connectivity index (χ2v) is 5.35. The van der Waals surface area contributed by atoms with E-state index in [1.54, 1.807) is 12.1 Å². The predicted octanol–water partition coefficient (Wildman–Crippen LogP) is 2.83. The molecule has 0 unspecified atom stereocenters. The molecule has 0 aliphatic rings. The summed E-state index contributed by atoms with van der Waals surface area (Å²) < 4.78 is 0.442. The molecule has 0 saturated heterocycles. The summed E-state index contributed by atoms with van der Waals surface area (Å²) >= 11 is 3.23. The van der Waals surface area contributed by atoms with Crippen LogP contribution < -0.4 is 5.73 Å². The molecule has 4 N–H and O–H groups in total. The summed E-state index contributed by atoms with van der Waals surface area (Å²) in [7, 11) is 0. The van der Waals surface area contributed by atoms with Gasteiger partial charge in [0.15, 0.2) is 0 Å². The van der Waals surface area contributed by atoms with Crippen molar-refractivity contribution in [3.63, 3.8) is 0 Å². The Morgan fingerprint density at radius 3 is 2.45 bits per heavy atom. The molecule has 0 saturated carbocycles. The third kappa shape index (κ3) is 3.18. The Labute approximate surface area is 125 Å². The lowest BCUT2D eigenvalue weighted by Gasteiger charge is -2.13. The van der Waals surface area contributed by atoms with Crippen LogP contribution in [0, 0.1) is 0 Å². The second kappa shape index (κ2) is 6.07. The van der Waals surface area contributed by atoms with Crippen molar-refractivity contribution in [1.82, 2.24) is 0 Å². The van der Waals surface area contributed by atoms with Gasteiger partial charge in [-0.05, 0) is 45.6 Å². The summed E-state index contributed by atoms with van der Waals surface area (Å²) in [5.41, 5.74) is 7.77. The molecule has 0 fully saturated rings. The molecule has 2 aromatic carbocycles. The Bertz CT molecular complexity index is 629. The number of halogens is 1. The summed E-state index contributed by atoms with van der Waals surface area (Å²) in [6.07, 6.45) is 0.638. The molecular weight excluding hydrogens is 322 g/mol. The highest BCUT2D eigenvalue weighted by Crippen LogP contribution is 2.33. The maximum Gasteiger partial charge on any atom is 0.325 e. The number of phenols is 1. The lowest BCUT2D eigenvalue weighted by atomic mass is 9.99. The average molecular weight is 336 g/mol. The van der Waals surface area contributed by atoms with Crippen molar-refractivity contribution >= 4 is 21.9 Å². The van der Waals surface area contributed by atoms with Crippen LogP contribution in [0.1, 0.15) is 22.7 Å². The van der Waals surface area contributed by atoms with Gasteiger partial charge in [-0.1, -0.05) is 30.3 Å². The fraction of sp³-hybridized carbons (Fsp3) is 0.133. The van der Waals surface area contributed by atoms with Gasteiger partial charge < -0.3 is 15.9 Å². The first kappa shape index (κ1) is 14.6. The highest BCUT2D eigenvalue weighted by Gasteiger charge is 2.20. The maximum absolute atomic E-state index is 11.0. The molecule has 1 atom stereocenters. The van der Waals surface area contributed by atoms with E-state index in [0.29, 0.717) is 10.9 Å². The van der Waals surface area contributed by atoms with Crippen molar-refractivity contribution in [1.29, 1.82) is 0 Å². The van der Waals surface area contributed by atoms with Crippen LogP contribution in [-0.2, 0) is 11.2 Å². The van der Waals surface area contributed by atoms with Gasteiger partial charge in [0.2, 0.25) is 0 Å². The van der Waals surface area contributed by atoms with E-state index in [1.165, 1.54) is 0 Å². The summed E-state index contributed by atoms with van der Waals surface area (Å²) in [6, 6.07) is 11.9. The predicted molar refractivity (Wildman–Crippen MR) is 79.6 cm³/mol. The molecule has 0 amide bonds. The minimum Gasteiger partial charge on any atom is -0.506 e. The molecule has 0 heterocycles. The fourth-order valence-corrected chi connectivity index (χ4v) is 2.51. The molecular formula is C15H14BrNO3. The quantitative estimate of drug-likeness (QED) is 0.802. The first-order valence-electron chi connectivity index (χ1n) is 6.02. The summed E-state index contributed by atoms with van der Waals surface area (Å²) in [5.74, 6) is -1.30. The molecule has 5 heteroatoms. The number of aromatic hydroxyl groups is 1. The van der Waals surface area contributed by atoms with Crippen LogP contribution in [0.15, 0.2) is 46.9 Å². The number of aliphatic carboxylic acids is 1. The Morgan fingerprint density at radius 1 is 1.20 bits per heavy atom. The molecule has 104 valence electrons. The Kier molecular flexibility index (Phi) is 4.42. The van der Waals surface area contributed by atoms with Gasteiger partial charge in [-0.2, -0.15) is 0 Å². The van der Waals surface area contributed by atoms with Gasteiger partial charge in [0, 0.05) is 5.56 Å². The number of carboxylic acids is 1. The van der Waals surface area contributed by atoms with Gasteiger partial charge in [0.05, 0.1) is 4.47 Å². The lowest BCUT2D eigenvalue weighted by Crippen LogP contribution is -2.21. The van der Waals surface area contributed by atoms with Gasteiger partial charge in [-0.25, -0.2) is 0 Å². The Balaban J connectivity index is 2.38. The van der Waals surface area contributed by atoms with Crippen LogP contribution in [-0.4, -0.2) is 16.2 Å². The smallest absolute Gasteiger partial charge is 0.325 e. The van der Waals surface area contributed by atoms with Crippen molar-refractivity contribution in [3.05, 3.63) is 63.6 Å². The van der Waals surface area contributed by atoms with E-state index in [-0.39, 0.29) is 11.3 Å². The molecule has 0 radical (unpaired) electrons. The van der Waals surface area contributed by atoms with Crippen molar-refractivity contribution in [2.75, 3.05) is 0 Å². The van der Waals surface area contributed by atoms with E-state index in [1.807, 2.05) is 30.3 Å². The minimum atomic E-state index is -1.25. The summed E-state index contributed by atoms with van der Waals surface area (Å²) in [6.45, 7) is 0. The number of carboxylic acid groups (broad SMARTS) is 1. The van der Waals surface area contributed by atoms with E-state index in [4.69, 9.17) is 10.8 Å². The van der Waals surface area contributed by atoms with Crippen molar-refractivity contribution < 1.29 is 15.0 Å². The molecule has 0 aromatic heterocycles. The number of nitrogens with two attached hydrogens (primary N) is 1. The van der Waals surface area contributed by atoms with Crippen molar-refractivity contribution in [2.45, 2.75) is 12.5 Å². The number of carbonyl (C=O) groups is 1. The zero-order valence-electron chi connectivity index (χ0n) is 10.6. The summed E-state index contributed by atoms with van der Waals surface area (Å²) in [5, 5.41) is 18.9. The molecule has 0 aliphatic heterocycles. The van der Waals surface area contributed by atoms with Crippen LogP contribution >= 0.6 is 15.9 Å². The third-order valence-corrected chi connectivity index (χ3v) is 3.61. The maximum atomic E-state index is 11.0. The largest absolute Gasteiger partial charge is 0.506 e.